The van der Waals surface area contributed by atoms with Crippen LogP contribution in [-0.4, -0.2) is 47.8 Å². The average molecular weight is 276 g/mol. The van der Waals surface area contributed by atoms with Crippen LogP contribution in [0.4, 0.5) is 0 Å². The minimum atomic E-state index is -0.419. The van der Waals surface area contributed by atoms with E-state index < -0.39 is 6.10 Å². The number of pyridine rings is 1. The van der Waals surface area contributed by atoms with Crippen LogP contribution in [0.15, 0.2) is 24.5 Å². The fourth-order valence-corrected chi connectivity index (χ4v) is 3.52. The Bertz CT molecular complexity index is 406. The van der Waals surface area contributed by atoms with E-state index in [0.717, 1.165) is 50.2 Å². The molecule has 2 fully saturated rings. The van der Waals surface area contributed by atoms with Gasteiger partial charge >= 0.3 is 0 Å². The number of likely N-dealkylation sites (tertiary alicyclic amines) is 1. The number of aromatic nitrogens is 1. The molecule has 1 aromatic heterocycles. The van der Waals surface area contributed by atoms with Crippen LogP contribution in [0.25, 0.3) is 0 Å². The fourth-order valence-electron chi connectivity index (χ4n) is 3.52. The summed E-state index contributed by atoms with van der Waals surface area (Å²) in [6, 6.07) is 3.83. The van der Waals surface area contributed by atoms with Gasteiger partial charge in [-0.25, -0.2) is 0 Å². The monoisotopic (exact) mass is 276 g/mol. The third-order valence-corrected chi connectivity index (χ3v) is 4.74. The summed E-state index contributed by atoms with van der Waals surface area (Å²) in [5.41, 5.74) is 0.919. The number of aliphatic hydroxyl groups excluding tert-OH is 1. The van der Waals surface area contributed by atoms with Crippen LogP contribution in [0, 0.1) is 11.8 Å². The van der Waals surface area contributed by atoms with E-state index in [1.807, 2.05) is 12.1 Å². The molecule has 2 atom stereocenters. The number of hydrogen-bond donors (Lipinski definition) is 1. The van der Waals surface area contributed by atoms with Crippen LogP contribution < -0.4 is 0 Å². The van der Waals surface area contributed by atoms with Crippen molar-refractivity contribution < 1.29 is 9.84 Å². The summed E-state index contributed by atoms with van der Waals surface area (Å²) in [4.78, 5) is 6.48. The summed E-state index contributed by atoms with van der Waals surface area (Å²) < 4.78 is 5.45. The Hall–Kier alpha value is -0.970. The number of nitrogens with zero attached hydrogens (tertiary/aromatic N) is 2. The Labute approximate surface area is 120 Å². The summed E-state index contributed by atoms with van der Waals surface area (Å²) >= 11 is 0. The lowest BCUT2D eigenvalue weighted by Crippen LogP contribution is -2.29. The Morgan fingerprint density at radius 3 is 2.90 bits per heavy atom. The topological polar surface area (TPSA) is 45.6 Å². The largest absolute Gasteiger partial charge is 0.387 e. The maximum Gasteiger partial charge on any atom is 0.0931 e. The molecule has 4 nitrogen and oxygen atoms in total. The molecule has 0 spiro atoms. The van der Waals surface area contributed by atoms with Crippen LogP contribution in [0.2, 0.25) is 0 Å². The van der Waals surface area contributed by atoms with E-state index in [0.29, 0.717) is 0 Å². The van der Waals surface area contributed by atoms with Gasteiger partial charge in [0.1, 0.15) is 0 Å². The molecule has 4 heteroatoms. The van der Waals surface area contributed by atoms with E-state index in [1.54, 1.807) is 12.4 Å². The zero-order valence-corrected chi connectivity index (χ0v) is 11.9. The summed E-state index contributed by atoms with van der Waals surface area (Å²) in [5.74, 6) is 1.62. The third kappa shape index (κ3) is 3.37. The smallest absolute Gasteiger partial charge is 0.0931 e. The lowest BCUT2D eigenvalue weighted by molar-refractivity contribution is 0.0464. The highest BCUT2D eigenvalue weighted by Crippen LogP contribution is 2.31. The molecule has 2 aliphatic rings. The van der Waals surface area contributed by atoms with Gasteiger partial charge in [-0.3, -0.25) is 4.98 Å². The van der Waals surface area contributed by atoms with Crippen molar-refractivity contribution in [2.75, 3.05) is 32.8 Å². The van der Waals surface area contributed by atoms with Crippen LogP contribution in [0.1, 0.15) is 30.9 Å². The van der Waals surface area contributed by atoms with Crippen molar-refractivity contribution in [3.63, 3.8) is 0 Å². The molecule has 0 amide bonds. The molecule has 3 rings (SSSR count). The molecule has 0 aliphatic carbocycles. The van der Waals surface area contributed by atoms with Gasteiger partial charge in [-0.2, -0.15) is 0 Å². The van der Waals surface area contributed by atoms with Gasteiger partial charge in [0, 0.05) is 44.3 Å². The van der Waals surface area contributed by atoms with Crippen molar-refractivity contribution in [3.05, 3.63) is 30.1 Å². The highest BCUT2D eigenvalue weighted by molar-refractivity contribution is 5.12. The van der Waals surface area contributed by atoms with Gasteiger partial charge in [-0.15, -0.1) is 0 Å². The predicted octanol–water partition coefficient (Wildman–Crippen LogP) is 1.86. The van der Waals surface area contributed by atoms with Gasteiger partial charge in [-0.05, 0) is 43.7 Å². The fraction of sp³-hybridized carbons (Fsp3) is 0.688. The van der Waals surface area contributed by atoms with Gasteiger partial charge in [0.2, 0.25) is 0 Å². The second-order valence-corrected chi connectivity index (χ2v) is 6.06. The van der Waals surface area contributed by atoms with Crippen molar-refractivity contribution in [1.82, 2.24) is 9.88 Å². The van der Waals surface area contributed by atoms with Crippen molar-refractivity contribution in [2.45, 2.75) is 25.4 Å². The van der Waals surface area contributed by atoms with Gasteiger partial charge in [0.05, 0.1) is 6.10 Å². The molecule has 1 aromatic rings. The van der Waals surface area contributed by atoms with E-state index in [2.05, 4.69) is 9.88 Å². The molecule has 0 bridgehead atoms. The summed E-state index contributed by atoms with van der Waals surface area (Å²) in [7, 11) is 0. The van der Waals surface area contributed by atoms with E-state index >= 15 is 0 Å². The molecule has 110 valence electrons. The minimum absolute atomic E-state index is 0.419. The highest BCUT2D eigenvalue weighted by Gasteiger charge is 2.31. The Balaban J connectivity index is 1.50. The molecular formula is C16H24N2O2. The van der Waals surface area contributed by atoms with Crippen LogP contribution >= 0.6 is 0 Å². The molecule has 3 heterocycles. The maximum atomic E-state index is 10.3. The SMILES string of the molecule is OC(CN1CCC(C2CCOCC2)C1)c1cccnc1. The first-order valence-corrected chi connectivity index (χ1v) is 7.71. The Morgan fingerprint density at radius 1 is 1.30 bits per heavy atom. The van der Waals surface area contributed by atoms with Gasteiger partial charge in [0.25, 0.3) is 0 Å². The normalized spacial score (nSPS) is 26.8. The minimum Gasteiger partial charge on any atom is -0.387 e. The lowest BCUT2D eigenvalue weighted by Gasteiger charge is -2.28. The first-order chi connectivity index (χ1) is 9.83. The summed E-state index contributed by atoms with van der Waals surface area (Å²) in [5, 5.41) is 10.3. The molecular weight excluding hydrogens is 252 g/mol. The number of rotatable bonds is 4. The molecule has 0 aromatic carbocycles. The van der Waals surface area contributed by atoms with Crippen molar-refractivity contribution >= 4 is 0 Å². The third-order valence-electron chi connectivity index (χ3n) is 4.74. The van der Waals surface area contributed by atoms with Crippen LogP contribution in [-0.2, 0) is 4.74 Å². The van der Waals surface area contributed by atoms with Gasteiger partial charge in [-0.1, -0.05) is 6.07 Å². The van der Waals surface area contributed by atoms with E-state index in [9.17, 15) is 5.11 Å². The summed E-state index contributed by atoms with van der Waals surface area (Å²) in [6.07, 6.45) is 6.78. The van der Waals surface area contributed by atoms with Crippen molar-refractivity contribution in [1.29, 1.82) is 0 Å². The molecule has 0 saturated carbocycles. The highest BCUT2D eigenvalue weighted by atomic mass is 16.5. The molecule has 1 N–H and O–H groups in total. The lowest BCUT2D eigenvalue weighted by atomic mass is 9.85. The number of β-amino-alcohol motifs (C(OH)–C–C–N with tert-alkyl or cyclic N) is 1. The first kappa shape index (κ1) is 14.0. The van der Waals surface area contributed by atoms with Crippen molar-refractivity contribution in [3.8, 4) is 0 Å². The van der Waals surface area contributed by atoms with Crippen LogP contribution in [0.3, 0.4) is 0 Å². The Kier molecular flexibility index (Phi) is 4.65. The van der Waals surface area contributed by atoms with E-state index in [-0.39, 0.29) is 0 Å². The maximum absolute atomic E-state index is 10.3. The number of ether oxygens (including phenoxy) is 1. The first-order valence-electron chi connectivity index (χ1n) is 7.71. The zero-order valence-electron chi connectivity index (χ0n) is 11.9. The quantitative estimate of drug-likeness (QED) is 0.912. The van der Waals surface area contributed by atoms with Gasteiger partial charge in [0.15, 0.2) is 0 Å². The second-order valence-electron chi connectivity index (χ2n) is 6.06. The molecule has 2 aliphatic heterocycles. The van der Waals surface area contributed by atoms with Gasteiger partial charge < -0.3 is 14.7 Å². The Morgan fingerprint density at radius 2 is 2.15 bits per heavy atom. The van der Waals surface area contributed by atoms with Crippen molar-refractivity contribution in [2.24, 2.45) is 11.8 Å². The average Bonchev–Trinajstić information content (AvgIpc) is 2.97. The predicted molar refractivity (Wildman–Crippen MR) is 77.3 cm³/mol. The molecule has 0 radical (unpaired) electrons. The molecule has 2 saturated heterocycles. The molecule has 2 unspecified atom stereocenters. The standard InChI is InChI=1S/C16H24N2O2/c19-16(14-2-1-6-17-10-14)12-18-7-3-15(11-18)13-4-8-20-9-5-13/h1-2,6,10,13,15-16,19H,3-5,7-9,11-12H2. The van der Waals surface area contributed by atoms with E-state index in [4.69, 9.17) is 4.74 Å². The second kappa shape index (κ2) is 6.66. The van der Waals surface area contributed by atoms with Crippen LogP contribution in [0.5, 0.6) is 0 Å². The van der Waals surface area contributed by atoms with E-state index in [1.165, 1.54) is 19.3 Å². The number of hydrogen-bond acceptors (Lipinski definition) is 4. The zero-order chi connectivity index (χ0) is 13.8. The number of aliphatic hydroxyl groups is 1. The summed E-state index contributed by atoms with van der Waals surface area (Å²) in [6.45, 7) is 4.83. The molecule has 20 heavy (non-hydrogen) atoms.